The van der Waals surface area contributed by atoms with E-state index >= 15 is 0 Å². The van der Waals surface area contributed by atoms with Crippen LogP contribution < -0.4 is 11.1 Å². The third kappa shape index (κ3) is 1.91. The van der Waals surface area contributed by atoms with E-state index < -0.39 is 0 Å². The average molecular weight is 259 g/mol. The van der Waals surface area contributed by atoms with E-state index in [1.807, 2.05) is 0 Å². The molecule has 1 aliphatic rings. The normalized spacial score (nSPS) is 17.9. The van der Waals surface area contributed by atoms with Crippen molar-refractivity contribution in [2.45, 2.75) is 18.4 Å². The summed E-state index contributed by atoms with van der Waals surface area (Å²) in [5, 5.41) is 3.33. The maximum Gasteiger partial charge on any atom is 0.137 e. The number of rotatable bonds is 3. The summed E-state index contributed by atoms with van der Waals surface area (Å²) in [4.78, 5) is 0. The molecule has 76 valence electrons. The van der Waals surface area contributed by atoms with Crippen molar-refractivity contribution in [2.24, 2.45) is 5.73 Å². The van der Waals surface area contributed by atoms with Crippen LogP contribution in [0.15, 0.2) is 22.7 Å². The predicted octanol–water partition coefficient (Wildman–Crippen LogP) is 2.49. The van der Waals surface area contributed by atoms with Gasteiger partial charge in [-0.25, -0.2) is 4.39 Å². The number of anilines is 1. The molecule has 4 heteroatoms. The maximum absolute atomic E-state index is 12.9. The number of hydrogen-bond donors (Lipinski definition) is 2. The molecule has 1 fully saturated rings. The molecule has 1 aliphatic carbocycles. The molecule has 0 spiro atoms. The number of benzene rings is 1. The van der Waals surface area contributed by atoms with Crippen LogP contribution in [0.3, 0.4) is 0 Å². The Balaban J connectivity index is 2.14. The molecule has 1 aromatic rings. The minimum atomic E-state index is -0.242. The molecule has 0 aromatic heterocycles. The van der Waals surface area contributed by atoms with E-state index in [4.69, 9.17) is 5.73 Å². The summed E-state index contributed by atoms with van der Waals surface area (Å²) >= 11 is 3.15. The van der Waals surface area contributed by atoms with Crippen LogP contribution in [-0.2, 0) is 0 Å². The van der Waals surface area contributed by atoms with Gasteiger partial charge in [0.2, 0.25) is 0 Å². The number of halogens is 2. The van der Waals surface area contributed by atoms with E-state index in [2.05, 4.69) is 21.2 Å². The first-order chi connectivity index (χ1) is 6.65. The van der Waals surface area contributed by atoms with Gasteiger partial charge in [-0.2, -0.15) is 0 Å². The van der Waals surface area contributed by atoms with Gasteiger partial charge >= 0.3 is 0 Å². The van der Waals surface area contributed by atoms with E-state index in [0.29, 0.717) is 11.0 Å². The fourth-order valence-corrected chi connectivity index (χ4v) is 1.79. The molecule has 2 rings (SSSR count). The van der Waals surface area contributed by atoms with Crippen molar-refractivity contribution in [1.29, 1.82) is 0 Å². The Bertz CT molecular complexity index is 350. The fraction of sp³-hybridized carbons (Fsp3) is 0.400. The lowest BCUT2D eigenvalue weighted by Gasteiger charge is -2.16. The third-order valence-corrected chi connectivity index (χ3v) is 3.18. The van der Waals surface area contributed by atoms with Crippen LogP contribution in [0.25, 0.3) is 0 Å². The molecular weight excluding hydrogens is 247 g/mol. The Morgan fingerprint density at radius 3 is 2.71 bits per heavy atom. The lowest BCUT2D eigenvalue weighted by atomic mass is 10.2. The van der Waals surface area contributed by atoms with Gasteiger partial charge < -0.3 is 11.1 Å². The molecule has 14 heavy (non-hydrogen) atoms. The van der Waals surface area contributed by atoms with E-state index in [9.17, 15) is 4.39 Å². The van der Waals surface area contributed by atoms with Crippen LogP contribution in [0, 0.1) is 5.82 Å². The Labute approximate surface area is 90.8 Å². The molecule has 1 saturated carbocycles. The molecule has 0 unspecified atom stereocenters. The van der Waals surface area contributed by atoms with Crippen molar-refractivity contribution in [3.05, 3.63) is 28.5 Å². The highest BCUT2D eigenvalue weighted by Crippen LogP contribution is 2.38. The highest BCUT2D eigenvalue weighted by molar-refractivity contribution is 9.10. The zero-order valence-corrected chi connectivity index (χ0v) is 9.27. The van der Waals surface area contributed by atoms with Crippen LogP contribution >= 0.6 is 15.9 Å². The first-order valence-electron chi connectivity index (χ1n) is 4.58. The molecule has 0 heterocycles. The summed E-state index contributed by atoms with van der Waals surface area (Å²) < 4.78 is 13.4. The quantitative estimate of drug-likeness (QED) is 0.875. The van der Waals surface area contributed by atoms with Gasteiger partial charge in [-0.3, -0.25) is 0 Å². The Hall–Kier alpha value is -0.610. The molecular formula is C10H12BrFN2. The van der Waals surface area contributed by atoms with Gasteiger partial charge in [0.15, 0.2) is 0 Å². The number of hydrogen-bond acceptors (Lipinski definition) is 2. The van der Waals surface area contributed by atoms with E-state index in [1.165, 1.54) is 6.07 Å². The highest BCUT2D eigenvalue weighted by Gasteiger charge is 2.41. The predicted molar refractivity (Wildman–Crippen MR) is 58.7 cm³/mol. The third-order valence-electron chi connectivity index (χ3n) is 2.57. The fourth-order valence-electron chi connectivity index (χ4n) is 1.41. The van der Waals surface area contributed by atoms with Gasteiger partial charge in [0.1, 0.15) is 5.82 Å². The van der Waals surface area contributed by atoms with Gasteiger partial charge in [-0.15, -0.1) is 0 Å². The number of nitrogens with one attached hydrogen (secondary N) is 1. The Kier molecular flexibility index (Phi) is 2.49. The second-order valence-corrected chi connectivity index (χ2v) is 4.59. The zero-order chi connectivity index (χ0) is 10.2. The first kappa shape index (κ1) is 9.93. The summed E-state index contributed by atoms with van der Waals surface area (Å²) in [5.74, 6) is -0.242. The monoisotopic (exact) mass is 258 g/mol. The van der Waals surface area contributed by atoms with Crippen molar-refractivity contribution in [3.63, 3.8) is 0 Å². The average Bonchev–Trinajstić information content (AvgIpc) is 2.93. The summed E-state index contributed by atoms with van der Waals surface area (Å²) in [6, 6.07) is 4.92. The van der Waals surface area contributed by atoms with Crippen molar-refractivity contribution in [2.75, 3.05) is 11.9 Å². The molecule has 0 saturated heterocycles. The topological polar surface area (TPSA) is 38.0 Å². The second-order valence-electron chi connectivity index (χ2n) is 3.74. The summed E-state index contributed by atoms with van der Waals surface area (Å²) in [6.07, 6.45) is 2.19. The molecule has 0 amide bonds. The Morgan fingerprint density at radius 2 is 2.21 bits per heavy atom. The highest BCUT2D eigenvalue weighted by atomic mass is 79.9. The summed E-state index contributed by atoms with van der Waals surface area (Å²) in [7, 11) is 0. The first-order valence-corrected chi connectivity index (χ1v) is 5.38. The van der Waals surface area contributed by atoms with E-state index in [-0.39, 0.29) is 11.4 Å². The van der Waals surface area contributed by atoms with E-state index in [0.717, 1.165) is 18.5 Å². The van der Waals surface area contributed by atoms with Gasteiger partial charge in [-0.05, 0) is 47.0 Å². The van der Waals surface area contributed by atoms with Crippen LogP contribution in [0.5, 0.6) is 0 Å². The second kappa shape index (κ2) is 3.51. The standard InChI is InChI=1S/C10H12BrFN2/c11-8-5-7(1-2-9(8)12)14-10(6-13)3-4-10/h1-2,5,14H,3-4,6,13H2. The molecule has 0 bridgehead atoms. The lowest BCUT2D eigenvalue weighted by Crippen LogP contribution is -2.30. The minimum Gasteiger partial charge on any atom is -0.378 e. The van der Waals surface area contributed by atoms with Crippen molar-refractivity contribution in [1.82, 2.24) is 0 Å². The van der Waals surface area contributed by atoms with Gasteiger partial charge in [0.05, 0.1) is 4.47 Å². The summed E-state index contributed by atoms with van der Waals surface area (Å²) in [6.45, 7) is 0.627. The number of nitrogens with two attached hydrogens (primary N) is 1. The van der Waals surface area contributed by atoms with Crippen molar-refractivity contribution >= 4 is 21.6 Å². The lowest BCUT2D eigenvalue weighted by molar-refractivity contribution is 0.621. The molecule has 2 nitrogen and oxygen atoms in total. The molecule has 0 aliphatic heterocycles. The van der Waals surface area contributed by atoms with Crippen molar-refractivity contribution < 1.29 is 4.39 Å². The smallest absolute Gasteiger partial charge is 0.137 e. The van der Waals surface area contributed by atoms with Gasteiger partial charge in [-0.1, -0.05) is 0 Å². The van der Waals surface area contributed by atoms with Gasteiger partial charge in [0.25, 0.3) is 0 Å². The molecule has 1 aromatic carbocycles. The van der Waals surface area contributed by atoms with Crippen LogP contribution in [0.2, 0.25) is 0 Å². The minimum absolute atomic E-state index is 0.0667. The maximum atomic E-state index is 12.9. The van der Waals surface area contributed by atoms with Crippen LogP contribution in [-0.4, -0.2) is 12.1 Å². The molecule has 0 radical (unpaired) electrons. The molecule has 3 N–H and O–H groups in total. The SMILES string of the molecule is NCC1(Nc2ccc(F)c(Br)c2)CC1. The Morgan fingerprint density at radius 1 is 1.50 bits per heavy atom. The van der Waals surface area contributed by atoms with E-state index in [1.54, 1.807) is 12.1 Å². The zero-order valence-electron chi connectivity index (χ0n) is 7.69. The van der Waals surface area contributed by atoms with Crippen LogP contribution in [0.1, 0.15) is 12.8 Å². The summed E-state index contributed by atoms with van der Waals surface area (Å²) in [5.41, 5.74) is 6.62. The van der Waals surface area contributed by atoms with Crippen LogP contribution in [0.4, 0.5) is 10.1 Å². The van der Waals surface area contributed by atoms with Gasteiger partial charge in [0, 0.05) is 17.8 Å². The van der Waals surface area contributed by atoms with Crippen molar-refractivity contribution in [3.8, 4) is 0 Å². The largest absolute Gasteiger partial charge is 0.378 e. The molecule has 0 atom stereocenters.